The van der Waals surface area contributed by atoms with Crippen molar-refractivity contribution >= 4 is 37.8 Å². The van der Waals surface area contributed by atoms with Crippen LogP contribution in [0.1, 0.15) is 12.5 Å². The molecule has 0 N–H and O–H groups in total. The summed E-state index contributed by atoms with van der Waals surface area (Å²) in [6.07, 6.45) is 0. The summed E-state index contributed by atoms with van der Waals surface area (Å²) in [5, 5.41) is 0. The highest BCUT2D eigenvalue weighted by Gasteiger charge is 2.12. The standard InChI is InChI=1S/C11H10Br2O2/c1-6(2)11(14)15-10-7(3)4-8(12)5-9(10)13/h4-5H,1H2,2-3H3. The fraction of sp³-hybridized carbons (Fsp3) is 0.182. The van der Waals surface area contributed by atoms with E-state index in [0.717, 1.165) is 14.5 Å². The Kier molecular flexibility index (Phi) is 4.11. The van der Waals surface area contributed by atoms with Crippen LogP contribution in [0.25, 0.3) is 0 Å². The molecule has 0 spiro atoms. The van der Waals surface area contributed by atoms with Crippen molar-refractivity contribution in [2.24, 2.45) is 0 Å². The first-order chi connectivity index (χ1) is 6.91. The summed E-state index contributed by atoms with van der Waals surface area (Å²) in [6, 6.07) is 3.71. The van der Waals surface area contributed by atoms with Gasteiger partial charge in [-0.3, -0.25) is 0 Å². The molecule has 0 unspecified atom stereocenters. The number of carbonyl (C=O) groups is 1. The summed E-state index contributed by atoms with van der Waals surface area (Å²) in [6.45, 7) is 7.02. The predicted molar refractivity (Wildman–Crippen MR) is 67.0 cm³/mol. The van der Waals surface area contributed by atoms with Gasteiger partial charge in [0.15, 0.2) is 0 Å². The van der Waals surface area contributed by atoms with Gasteiger partial charge in [0.05, 0.1) is 4.47 Å². The third-order valence-corrected chi connectivity index (χ3v) is 2.78. The molecule has 1 aromatic rings. The fourth-order valence-electron chi connectivity index (χ4n) is 0.998. The molecule has 4 heteroatoms. The number of hydrogen-bond donors (Lipinski definition) is 0. The van der Waals surface area contributed by atoms with Gasteiger partial charge in [-0.1, -0.05) is 22.5 Å². The van der Waals surface area contributed by atoms with Crippen LogP contribution < -0.4 is 4.74 Å². The molecule has 0 heterocycles. The molecule has 0 aliphatic carbocycles. The molecule has 0 saturated heterocycles. The van der Waals surface area contributed by atoms with Gasteiger partial charge in [-0.2, -0.15) is 0 Å². The normalized spacial score (nSPS) is 9.87. The van der Waals surface area contributed by atoms with Gasteiger partial charge in [-0.15, -0.1) is 0 Å². The minimum absolute atomic E-state index is 0.379. The minimum Gasteiger partial charge on any atom is -0.422 e. The van der Waals surface area contributed by atoms with E-state index < -0.39 is 5.97 Å². The smallest absolute Gasteiger partial charge is 0.338 e. The van der Waals surface area contributed by atoms with Gasteiger partial charge in [-0.05, 0) is 47.5 Å². The monoisotopic (exact) mass is 332 g/mol. The summed E-state index contributed by atoms with van der Waals surface area (Å²) in [5.74, 6) is 0.118. The summed E-state index contributed by atoms with van der Waals surface area (Å²) >= 11 is 6.69. The molecule has 15 heavy (non-hydrogen) atoms. The third-order valence-electron chi connectivity index (χ3n) is 1.74. The van der Waals surface area contributed by atoms with Crippen LogP contribution in [-0.2, 0) is 4.79 Å². The largest absolute Gasteiger partial charge is 0.422 e. The fourth-order valence-corrected chi connectivity index (χ4v) is 2.52. The van der Waals surface area contributed by atoms with Crippen LogP contribution in [0.4, 0.5) is 0 Å². The lowest BCUT2D eigenvalue weighted by Crippen LogP contribution is -2.09. The molecule has 0 radical (unpaired) electrons. The number of ether oxygens (including phenoxy) is 1. The molecule has 0 aromatic heterocycles. The van der Waals surface area contributed by atoms with E-state index >= 15 is 0 Å². The molecule has 0 aliphatic heterocycles. The Morgan fingerprint density at radius 2 is 2.00 bits per heavy atom. The Morgan fingerprint density at radius 1 is 1.40 bits per heavy atom. The molecule has 0 amide bonds. The number of halogens is 2. The Bertz CT molecular complexity index is 402. The lowest BCUT2D eigenvalue weighted by atomic mass is 10.2. The molecular weight excluding hydrogens is 324 g/mol. The van der Waals surface area contributed by atoms with Crippen molar-refractivity contribution in [1.82, 2.24) is 0 Å². The lowest BCUT2D eigenvalue weighted by Gasteiger charge is -2.09. The Hall–Kier alpha value is -0.610. The zero-order valence-electron chi connectivity index (χ0n) is 8.43. The number of benzene rings is 1. The first-order valence-corrected chi connectivity index (χ1v) is 5.83. The highest BCUT2D eigenvalue weighted by atomic mass is 79.9. The number of rotatable bonds is 2. The van der Waals surface area contributed by atoms with Crippen LogP contribution >= 0.6 is 31.9 Å². The van der Waals surface area contributed by atoms with Gasteiger partial charge in [0.1, 0.15) is 5.75 Å². The van der Waals surface area contributed by atoms with Gasteiger partial charge in [0.25, 0.3) is 0 Å². The van der Waals surface area contributed by atoms with E-state index in [1.54, 1.807) is 6.92 Å². The van der Waals surface area contributed by atoms with E-state index in [4.69, 9.17) is 4.74 Å². The summed E-state index contributed by atoms with van der Waals surface area (Å²) < 4.78 is 6.86. The summed E-state index contributed by atoms with van der Waals surface area (Å²) in [4.78, 5) is 11.3. The highest BCUT2D eigenvalue weighted by Crippen LogP contribution is 2.32. The van der Waals surface area contributed by atoms with Crippen molar-refractivity contribution in [2.45, 2.75) is 13.8 Å². The van der Waals surface area contributed by atoms with Gasteiger partial charge in [0.2, 0.25) is 0 Å². The van der Waals surface area contributed by atoms with E-state index in [1.807, 2.05) is 19.1 Å². The Labute approximate surface area is 106 Å². The molecule has 0 aliphatic rings. The first kappa shape index (κ1) is 12.5. The van der Waals surface area contributed by atoms with Crippen LogP contribution in [0.5, 0.6) is 5.75 Å². The van der Waals surface area contributed by atoms with E-state index in [-0.39, 0.29) is 0 Å². The summed E-state index contributed by atoms with van der Waals surface area (Å²) in [7, 11) is 0. The maximum Gasteiger partial charge on any atom is 0.338 e. The van der Waals surface area contributed by atoms with Crippen LogP contribution in [0, 0.1) is 6.92 Å². The maximum atomic E-state index is 11.3. The molecule has 0 saturated carbocycles. The third kappa shape index (κ3) is 3.18. The number of carbonyl (C=O) groups excluding carboxylic acids is 1. The van der Waals surface area contributed by atoms with Crippen LogP contribution in [0.15, 0.2) is 33.2 Å². The van der Waals surface area contributed by atoms with Crippen LogP contribution in [-0.4, -0.2) is 5.97 Å². The zero-order chi connectivity index (χ0) is 11.6. The van der Waals surface area contributed by atoms with Crippen LogP contribution in [0.3, 0.4) is 0 Å². The minimum atomic E-state index is -0.416. The van der Waals surface area contributed by atoms with Gasteiger partial charge >= 0.3 is 5.97 Å². The molecule has 0 fully saturated rings. The van der Waals surface area contributed by atoms with E-state index in [2.05, 4.69) is 38.4 Å². The van der Waals surface area contributed by atoms with Gasteiger partial charge < -0.3 is 4.74 Å². The van der Waals surface area contributed by atoms with Crippen molar-refractivity contribution in [1.29, 1.82) is 0 Å². The van der Waals surface area contributed by atoms with Gasteiger partial charge in [-0.25, -0.2) is 4.79 Å². The van der Waals surface area contributed by atoms with Crippen molar-refractivity contribution in [3.8, 4) is 5.75 Å². The van der Waals surface area contributed by atoms with Crippen molar-refractivity contribution in [3.63, 3.8) is 0 Å². The maximum absolute atomic E-state index is 11.3. The van der Waals surface area contributed by atoms with Crippen molar-refractivity contribution < 1.29 is 9.53 Å². The second-order valence-corrected chi connectivity index (χ2v) is 4.97. The quantitative estimate of drug-likeness (QED) is 0.464. The van der Waals surface area contributed by atoms with Crippen molar-refractivity contribution in [3.05, 3.63) is 38.8 Å². The molecule has 1 rings (SSSR count). The predicted octanol–water partition coefficient (Wildman–Crippen LogP) is 4.00. The number of aryl methyl sites for hydroxylation is 1. The molecule has 0 atom stereocenters. The second-order valence-electron chi connectivity index (χ2n) is 3.20. The van der Waals surface area contributed by atoms with E-state index in [9.17, 15) is 4.79 Å². The van der Waals surface area contributed by atoms with Crippen molar-refractivity contribution in [2.75, 3.05) is 0 Å². The molecule has 80 valence electrons. The average Bonchev–Trinajstić information content (AvgIpc) is 2.10. The van der Waals surface area contributed by atoms with Gasteiger partial charge in [0, 0.05) is 10.0 Å². The molecule has 2 nitrogen and oxygen atoms in total. The molecule has 0 bridgehead atoms. The highest BCUT2D eigenvalue weighted by molar-refractivity contribution is 9.11. The van der Waals surface area contributed by atoms with Crippen LogP contribution in [0.2, 0.25) is 0 Å². The molecular formula is C11H10Br2O2. The Balaban J connectivity index is 3.05. The molecule has 1 aromatic carbocycles. The second kappa shape index (κ2) is 4.94. The average molecular weight is 334 g/mol. The lowest BCUT2D eigenvalue weighted by molar-refractivity contribution is -0.130. The first-order valence-electron chi connectivity index (χ1n) is 4.25. The SMILES string of the molecule is C=C(C)C(=O)Oc1c(C)cc(Br)cc1Br. The number of esters is 1. The summed E-state index contributed by atoms with van der Waals surface area (Å²) in [5.41, 5.74) is 1.26. The topological polar surface area (TPSA) is 26.3 Å². The Morgan fingerprint density at radius 3 is 2.47 bits per heavy atom. The number of hydrogen-bond acceptors (Lipinski definition) is 2. The van der Waals surface area contributed by atoms with E-state index in [0.29, 0.717) is 11.3 Å². The van der Waals surface area contributed by atoms with E-state index in [1.165, 1.54) is 0 Å². The zero-order valence-corrected chi connectivity index (χ0v) is 11.6.